The van der Waals surface area contributed by atoms with E-state index in [1.54, 1.807) is 18.3 Å². The van der Waals surface area contributed by atoms with Crippen LogP contribution >= 0.6 is 11.3 Å². The monoisotopic (exact) mass is 347 g/mol. The van der Waals surface area contributed by atoms with Gasteiger partial charge in [-0.3, -0.25) is 14.5 Å². The Kier molecular flexibility index (Phi) is 3.63. The van der Waals surface area contributed by atoms with Crippen molar-refractivity contribution in [3.8, 4) is 0 Å². The van der Waals surface area contributed by atoms with Gasteiger partial charge in [-0.25, -0.2) is 4.79 Å². The summed E-state index contributed by atoms with van der Waals surface area (Å²) >= 11 is 1.62. The van der Waals surface area contributed by atoms with Crippen molar-refractivity contribution >= 4 is 29.2 Å². The maximum absolute atomic E-state index is 12.7. The van der Waals surface area contributed by atoms with Crippen molar-refractivity contribution in [1.29, 1.82) is 0 Å². The van der Waals surface area contributed by atoms with Crippen molar-refractivity contribution in [1.82, 2.24) is 15.1 Å². The molecule has 1 aromatic rings. The zero-order valence-electron chi connectivity index (χ0n) is 13.7. The number of carbonyl (C=O) groups is 3. The third-order valence-corrected chi connectivity index (χ3v) is 6.19. The van der Waals surface area contributed by atoms with Gasteiger partial charge in [0.2, 0.25) is 5.91 Å². The largest absolute Gasteiger partial charge is 0.334 e. The summed E-state index contributed by atoms with van der Waals surface area (Å²) in [5.74, 6) is -0.193. The molecular formula is C17H21N3O3S. The lowest BCUT2D eigenvalue weighted by Gasteiger charge is -2.26. The van der Waals surface area contributed by atoms with Crippen LogP contribution in [0.25, 0.3) is 0 Å². The molecule has 4 amide bonds. The minimum Gasteiger partial charge on any atom is -0.334 e. The van der Waals surface area contributed by atoms with Gasteiger partial charge < -0.3 is 10.2 Å². The van der Waals surface area contributed by atoms with Gasteiger partial charge in [0.15, 0.2) is 0 Å². The number of rotatable bonds is 4. The minimum absolute atomic E-state index is 0.0688. The summed E-state index contributed by atoms with van der Waals surface area (Å²) in [6.07, 6.45) is 3.79. The van der Waals surface area contributed by atoms with Gasteiger partial charge >= 0.3 is 6.03 Å². The van der Waals surface area contributed by atoms with Gasteiger partial charge in [0.25, 0.3) is 5.91 Å². The first-order valence-corrected chi connectivity index (χ1v) is 9.40. The molecule has 24 heavy (non-hydrogen) atoms. The molecule has 6 nitrogen and oxygen atoms in total. The molecule has 0 bridgehead atoms. The molecule has 1 N–H and O–H groups in total. The van der Waals surface area contributed by atoms with Crippen LogP contribution in [0.3, 0.4) is 0 Å². The summed E-state index contributed by atoms with van der Waals surface area (Å²) in [4.78, 5) is 40.5. The average molecular weight is 347 g/mol. The van der Waals surface area contributed by atoms with Crippen LogP contribution in [0.1, 0.15) is 44.2 Å². The molecule has 2 aliphatic heterocycles. The predicted molar refractivity (Wildman–Crippen MR) is 89.4 cm³/mol. The molecule has 3 aliphatic rings. The molecule has 2 saturated heterocycles. The fourth-order valence-electron chi connectivity index (χ4n) is 3.90. The Bertz CT molecular complexity index is 685. The van der Waals surface area contributed by atoms with Gasteiger partial charge in [-0.1, -0.05) is 0 Å². The molecule has 128 valence electrons. The number of thiophene rings is 1. The molecule has 1 aromatic heterocycles. The Morgan fingerprint density at radius 1 is 1.38 bits per heavy atom. The first kappa shape index (κ1) is 15.6. The third kappa shape index (κ3) is 2.42. The highest BCUT2D eigenvalue weighted by Crippen LogP contribution is 2.42. The van der Waals surface area contributed by atoms with E-state index in [2.05, 4.69) is 10.7 Å². The van der Waals surface area contributed by atoms with Crippen molar-refractivity contribution in [2.75, 3.05) is 13.1 Å². The molecule has 1 saturated carbocycles. The molecule has 3 fully saturated rings. The van der Waals surface area contributed by atoms with Crippen LogP contribution in [0, 0.1) is 5.92 Å². The Morgan fingerprint density at radius 3 is 2.83 bits per heavy atom. The summed E-state index contributed by atoms with van der Waals surface area (Å²) in [5.41, 5.74) is 0.320. The summed E-state index contributed by atoms with van der Waals surface area (Å²) in [7, 11) is 0. The van der Waals surface area contributed by atoms with Gasteiger partial charge in [-0.05, 0) is 60.9 Å². The van der Waals surface area contributed by atoms with E-state index >= 15 is 0 Å². The Balaban J connectivity index is 1.48. The van der Waals surface area contributed by atoms with Crippen LogP contribution in [0.15, 0.2) is 16.8 Å². The fraction of sp³-hybridized carbons (Fsp3) is 0.588. The second kappa shape index (κ2) is 5.58. The number of nitrogens with one attached hydrogen (secondary N) is 1. The first-order valence-electron chi connectivity index (χ1n) is 8.46. The van der Waals surface area contributed by atoms with Crippen LogP contribution in [-0.2, 0) is 9.59 Å². The van der Waals surface area contributed by atoms with Crippen LogP contribution < -0.4 is 5.32 Å². The second-order valence-corrected chi connectivity index (χ2v) is 7.88. The van der Waals surface area contributed by atoms with E-state index < -0.39 is 11.6 Å². The molecule has 4 rings (SSSR count). The van der Waals surface area contributed by atoms with Crippen molar-refractivity contribution in [3.05, 3.63) is 22.4 Å². The Hall–Kier alpha value is -1.89. The number of carbonyl (C=O) groups excluding carboxylic acids is 3. The molecule has 3 heterocycles. The van der Waals surface area contributed by atoms with Crippen LogP contribution in [0.5, 0.6) is 0 Å². The van der Waals surface area contributed by atoms with E-state index in [4.69, 9.17) is 0 Å². The molecule has 0 spiro atoms. The quantitative estimate of drug-likeness (QED) is 0.848. The number of urea groups is 1. The maximum atomic E-state index is 12.7. The highest BCUT2D eigenvalue weighted by molar-refractivity contribution is 7.08. The zero-order chi connectivity index (χ0) is 16.9. The molecule has 2 atom stereocenters. The van der Waals surface area contributed by atoms with Gasteiger partial charge in [0, 0.05) is 6.54 Å². The lowest BCUT2D eigenvalue weighted by Crippen LogP contribution is -2.47. The summed E-state index contributed by atoms with van der Waals surface area (Å²) < 4.78 is 0. The minimum atomic E-state index is -0.824. The number of hydrogen-bond acceptors (Lipinski definition) is 4. The van der Waals surface area contributed by atoms with E-state index in [9.17, 15) is 14.4 Å². The molecule has 0 aromatic carbocycles. The lowest BCUT2D eigenvalue weighted by atomic mass is 9.96. The van der Waals surface area contributed by atoms with Crippen LogP contribution in [0.2, 0.25) is 0 Å². The predicted octanol–water partition coefficient (Wildman–Crippen LogP) is 2.13. The number of nitrogens with zero attached hydrogens (tertiary/aromatic N) is 2. The molecule has 0 radical (unpaired) electrons. The molecular weight excluding hydrogens is 326 g/mol. The summed E-state index contributed by atoms with van der Waals surface area (Å²) in [6.45, 7) is 2.30. The second-order valence-electron chi connectivity index (χ2n) is 7.10. The van der Waals surface area contributed by atoms with E-state index in [1.807, 2.05) is 16.3 Å². The number of hydrogen-bond donors (Lipinski definition) is 1. The van der Waals surface area contributed by atoms with Gasteiger partial charge in [-0.15, -0.1) is 0 Å². The number of amides is 4. The van der Waals surface area contributed by atoms with Gasteiger partial charge in [0.05, 0.1) is 6.04 Å². The van der Waals surface area contributed by atoms with Crippen LogP contribution in [0.4, 0.5) is 4.79 Å². The number of imide groups is 1. The molecule has 1 aliphatic carbocycles. The van der Waals surface area contributed by atoms with E-state index in [0.717, 1.165) is 36.1 Å². The summed E-state index contributed by atoms with van der Waals surface area (Å²) in [6, 6.07) is 1.67. The summed E-state index contributed by atoms with van der Waals surface area (Å²) in [5, 5.41) is 6.87. The molecule has 7 heteroatoms. The normalized spacial score (nSPS) is 30.1. The average Bonchev–Trinajstić information content (AvgIpc) is 3.00. The highest BCUT2D eigenvalue weighted by atomic mass is 32.1. The fourth-order valence-corrected chi connectivity index (χ4v) is 4.61. The van der Waals surface area contributed by atoms with Crippen molar-refractivity contribution < 1.29 is 14.4 Å². The van der Waals surface area contributed by atoms with Crippen molar-refractivity contribution in [2.45, 2.75) is 44.2 Å². The van der Waals surface area contributed by atoms with E-state index in [-0.39, 0.29) is 30.3 Å². The lowest BCUT2D eigenvalue weighted by molar-refractivity contribution is -0.139. The molecule has 0 unspecified atom stereocenters. The van der Waals surface area contributed by atoms with Gasteiger partial charge in [-0.2, -0.15) is 11.3 Å². The zero-order valence-corrected chi connectivity index (χ0v) is 14.5. The standard InChI is InChI=1S/C17H21N3O3S/c1-17(12-4-5-12)15(22)20(16(23)18-17)9-14(21)19-7-2-3-13(19)11-6-8-24-10-11/h6,8,10,12-13H,2-5,7,9H2,1H3,(H,18,23)/t13-,17-/m1/s1. The SMILES string of the molecule is C[C@]1(C2CC2)NC(=O)N(CC(=O)N2CCC[C@@H]2c2ccsc2)C1=O. The highest BCUT2D eigenvalue weighted by Gasteiger charge is 2.56. The van der Waals surface area contributed by atoms with E-state index in [1.165, 1.54) is 0 Å². The third-order valence-electron chi connectivity index (χ3n) is 5.49. The first-order chi connectivity index (χ1) is 11.5. The maximum Gasteiger partial charge on any atom is 0.325 e. The Morgan fingerprint density at radius 2 is 2.17 bits per heavy atom. The Labute approximate surface area is 144 Å². The van der Waals surface area contributed by atoms with Crippen LogP contribution in [-0.4, -0.2) is 46.3 Å². The van der Waals surface area contributed by atoms with Crippen molar-refractivity contribution in [3.63, 3.8) is 0 Å². The van der Waals surface area contributed by atoms with E-state index in [0.29, 0.717) is 6.54 Å². The number of likely N-dealkylation sites (tertiary alicyclic amines) is 1. The van der Waals surface area contributed by atoms with Gasteiger partial charge in [0.1, 0.15) is 12.1 Å². The smallest absolute Gasteiger partial charge is 0.325 e. The van der Waals surface area contributed by atoms with Crippen molar-refractivity contribution in [2.24, 2.45) is 5.92 Å². The topological polar surface area (TPSA) is 69.7 Å².